The molecule has 31 heavy (non-hydrogen) atoms. The van der Waals surface area contributed by atoms with Crippen LogP contribution in [0.4, 0.5) is 5.69 Å². The molecule has 4 rings (SSSR count). The maximum atomic E-state index is 12.7. The van der Waals surface area contributed by atoms with Crippen LogP contribution < -0.4 is 21.1 Å². The number of amides is 1. The first kappa shape index (κ1) is 21.0. The van der Waals surface area contributed by atoms with Crippen molar-refractivity contribution in [2.45, 2.75) is 32.0 Å². The molecule has 164 valence electrons. The second kappa shape index (κ2) is 7.75. The summed E-state index contributed by atoms with van der Waals surface area (Å²) in [4.78, 5) is 24.3. The second-order valence-electron chi connectivity index (χ2n) is 8.45. The lowest BCUT2D eigenvalue weighted by atomic mass is 10.0. The summed E-state index contributed by atoms with van der Waals surface area (Å²) < 4.78 is 8.81. The monoisotopic (exact) mass is 426 g/mol. The maximum Gasteiger partial charge on any atom is 0.328 e. The number of hydrogen-bond donors (Lipinski definition) is 4. The molecule has 1 unspecified atom stereocenters. The molecule has 3 aromatic rings. The fourth-order valence-electron chi connectivity index (χ4n) is 3.91. The average Bonchev–Trinajstić information content (AvgIpc) is 2.96. The smallest absolute Gasteiger partial charge is 0.328 e. The quantitative estimate of drug-likeness (QED) is 0.474. The Morgan fingerprint density at radius 2 is 1.94 bits per heavy atom. The summed E-state index contributed by atoms with van der Waals surface area (Å²) in [5.74, 6) is -0.0618. The van der Waals surface area contributed by atoms with Gasteiger partial charge in [-0.1, -0.05) is 12.1 Å². The standard InChI is InChI=1S/C22H26N4O5/c1-22(2,12-26-17-7-5-4-6-16(17)25(3)21(26)30)23-10-18(28)14-8-13(27)9-15-20(14)31-11-19(29)24-15/h4-9,18,23,27-28H,10-12H2,1-3H3,(H,24,29). The number of ether oxygens (including phenoxy) is 1. The number of hydrogen-bond acceptors (Lipinski definition) is 6. The number of aliphatic hydroxyl groups excluding tert-OH is 1. The Kier molecular flexibility index (Phi) is 5.24. The summed E-state index contributed by atoms with van der Waals surface area (Å²) in [5, 5.41) is 26.7. The number of aliphatic hydroxyl groups is 1. The van der Waals surface area contributed by atoms with Crippen molar-refractivity contribution >= 4 is 22.6 Å². The van der Waals surface area contributed by atoms with Gasteiger partial charge in [-0.05, 0) is 32.0 Å². The SMILES string of the molecule is Cn1c(=O)n(CC(C)(C)NCC(O)c2cc(O)cc3c2OCC(=O)N3)c2ccccc21. The molecule has 1 aliphatic heterocycles. The number of β-amino-alcohol motifs (C(OH)–C–C–N with tert-alkyl or cyclic N) is 1. The van der Waals surface area contributed by atoms with Crippen molar-refractivity contribution in [1.29, 1.82) is 0 Å². The molecule has 1 amide bonds. The number of imidazole rings is 1. The summed E-state index contributed by atoms with van der Waals surface area (Å²) >= 11 is 0. The molecule has 0 aliphatic carbocycles. The van der Waals surface area contributed by atoms with Crippen LogP contribution in [0.2, 0.25) is 0 Å². The number of carbonyl (C=O) groups is 1. The van der Waals surface area contributed by atoms with Gasteiger partial charge in [0.25, 0.3) is 5.91 Å². The van der Waals surface area contributed by atoms with Crippen LogP contribution in [0.15, 0.2) is 41.2 Å². The molecule has 0 spiro atoms. The van der Waals surface area contributed by atoms with Crippen LogP contribution in [0.5, 0.6) is 11.5 Å². The van der Waals surface area contributed by atoms with Gasteiger partial charge in [-0.15, -0.1) is 0 Å². The van der Waals surface area contributed by atoms with Crippen molar-refractivity contribution in [3.05, 3.63) is 52.4 Å². The Morgan fingerprint density at radius 3 is 2.68 bits per heavy atom. The van der Waals surface area contributed by atoms with Crippen molar-refractivity contribution in [2.75, 3.05) is 18.5 Å². The zero-order valence-electron chi connectivity index (χ0n) is 17.7. The molecular formula is C22H26N4O5. The van der Waals surface area contributed by atoms with Gasteiger partial charge in [-0.2, -0.15) is 0 Å². The molecule has 4 N–H and O–H groups in total. The van der Waals surface area contributed by atoms with E-state index in [0.717, 1.165) is 11.0 Å². The molecule has 1 aliphatic rings. The van der Waals surface area contributed by atoms with Crippen molar-refractivity contribution in [3.63, 3.8) is 0 Å². The number of rotatable bonds is 6. The third-order valence-electron chi connectivity index (χ3n) is 5.46. The van der Waals surface area contributed by atoms with Gasteiger partial charge in [-0.25, -0.2) is 4.79 Å². The molecule has 2 heterocycles. The maximum absolute atomic E-state index is 12.7. The van der Waals surface area contributed by atoms with Gasteiger partial charge < -0.3 is 25.6 Å². The Bertz CT molecular complexity index is 1210. The van der Waals surface area contributed by atoms with E-state index in [9.17, 15) is 19.8 Å². The number of aromatic nitrogens is 2. The minimum absolute atomic E-state index is 0.0832. The molecule has 9 nitrogen and oxygen atoms in total. The van der Waals surface area contributed by atoms with Gasteiger partial charge in [0.05, 0.1) is 22.8 Å². The molecule has 1 aromatic heterocycles. The molecule has 9 heteroatoms. The number of aryl methyl sites for hydroxylation is 1. The fraction of sp³-hybridized carbons (Fsp3) is 0.364. The van der Waals surface area contributed by atoms with Crippen LogP contribution in [-0.4, -0.2) is 43.9 Å². The normalized spacial score (nSPS) is 14.8. The van der Waals surface area contributed by atoms with E-state index in [1.807, 2.05) is 38.1 Å². The zero-order valence-corrected chi connectivity index (χ0v) is 17.7. The van der Waals surface area contributed by atoms with Crippen molar-refractivity contribution in [3.8, 4) is 11.5 Å². The van der Waals surface area contributed by atoms with Crippen molar-refractivity contribution in [2.24, 2.45) is 7.05 Å². The number of nitrogens with zero attached hydrogens (tertiary/aromatic N) is 2. The van der Waals surface area contributed by atoms with Crippen LogP contribution in [-0.2, 0) is 18.4 Å². The highest BCUT2D eigenvalue weighted by Gasteiger charge is 2.27. The van der Waals surface area contributed by atoms with Crippen LogP contribution in [0, 0.1) is 0 Å². The minimum Gasteiger partial charge on any atom is -0.508 e. The second-order valence-corrected chi connectivity index (χ2v) is 8.45. The minimum atomic E-state index is -1.00. The third kappa shape index (κ3) is 4.01. The molecule has 0 saturated carbocycles. The summed E-state index contributed by atoms with van der Waals surface area (Å²) in [6.45, 7) is 4.29. The predicted molar refractivity (Wildman–Crippen MR) is 116 cm³/mol. The summed E-state index contributed by atoms with van der Waals surface area (Å²) in [6.07, 6.45) is -1.00. The number of aromatic hydroxyl groups is 1. The molecule has 0 radical (unpaired) electrons. The largest absolute Gasteiger partial charge is 0.508 e. The summed E-state index contributed by atoms with van der Waals surface area (Å²) in [7, 11) is 1.75. The number of fused-ring (bicyclic) bond motifs is 2. The van der Waals surface area contributed by atoms with E-state index in [2.05, 4.69) is 10.6 Å². The van der Waals surface area contributed by atoms with Crippen LogP contribution in [0.25, 0.3) is 11.0 Å². The fourth-order valence-corrected chi connectivity index (χ4v) is 3.91. The Balaban J connectivity index is 1.53. The molecule has 1 atom stereocenters. The Morgan fingerprint density at radius 1 is 1.23 bits per heavy atom. The molecular weight excluding hydrogens is 400 g/mol. The highest BCUT2D eigenvalue weighted by Crippen LogP contribution is 2.38. The van der Waals surface area contributed by atoms with E-state index < -0.39 is 11.6 Å². The lowest BCUT2D eigenvalue weighted by Crippen LogP contribution is -2.46. The Labute approximate surface area is 178 Å². The number of phenolic OH excluding ortho intramolecular Hbond substituents is 1. The zero-order chi connectivity index (χ0) is 22.3. The van der Waals surface area contributed by atoms with Crippen molar-refractivity contribution in [1.82, 2.24) is 14.5 Å². The first-order chi connectivity index (χ1) is 14.7. The van der Waals surface area contributed by atoms with E-state index in [-0.39, 0.29) is 30.5 Å². The number of nitrogens with one attached hydrogen (secondary N) is 2. The predicted octanol–water partition coefficient (Wildman–Crippen LogP) is 1.48. The van der Waals surface area contributed by atoms with E-state index >= 15 is 0 Å². The van der Waals surface area contributed by atoms with Gasteiger partial charge in [-0.3, -0.25) is 13.9 Å². The number of anilines is 1. The molecule has 0 bridgehead atoms. The van der Waals surface area contributed by atoms with E-state index in [1.54, 1.807) is 16.2 Å². The van der Waals surface area contributed by atoms with Crippen LogP contribution in [0.3, 0.4) is 0 Å². The molecule has 0 fully saturated rings. The lowest BCUT2D eigenvalue weighted by molar-refractivity contribution is -0.118. The van der Waals surface area contributed by atoms with Crippen molar-refractivity contribution < 1.29 is 19.7 Å². The topological polar surface area (TPSA) is 118 Å². The van der Waals surface area contributed by atoms with E-state index in [1.165, 1.54) is 12.1 Å². The van der Waals surface area contributed by atoms with Crippen LogP contribution >= 0.6 is 0 Å². The van der Waals surface area contributed by atoms with Gasteiger partial charge in [0.15, 0.2) is 6.61 Å². The van der Waals surface area contributed by atoms with Gasteiger partial charge >= 0.3 is 5.69 Å². The molecule has 2 aromatic carbocycles. The van der Waals surface area contributed by atoms with Gasteiger partial charge in [0.1, 0.15) is 11.5 Å². The summed E-state index contributed by atoms with van der Waals surface area (Å²) in [5.41, 5.74) is 1.77. The van der Waals surface area contributed by atoms with Crippen LogP contribution in [0.1, 0.15) is 25.5 Å². The van der Waals surface area contributed by atoms with Gasteiger partial charge in [0.2, 0.25) is 0 Å². The first-order valence-electron chi connectivity index (χ1n) is 10.0. The third-order valence-corrected chi connectivity index (χ3v) is 5.46. The number of para-hydroxylation sites is 2. The lowest BCUT2D eigenvalue weighted by Gasteiger charge is -2.29. The van der Waals surface area contributed by atoms with Gasteiger partial charge in [0, 0.05) is 37.3 Å². The highest BCUT2D eigenvalue weighted by molar-refractivity contribution is 5.96. The Hall–Kier alpha value is -3.30. The van der Waals surface area contributed by atoms with E-state index in [4.69, 9.17) is 4.74 Å². The first-order valence-corrected chi connectivity index (χ1v) is 10.0. The molecule has 0 saturated heterocycles. The highest BCUT2D eigenvalue weighted by atomic mass is 16.5. The average molecular weight is 426 g/mol. The number of carbonyl (C=O) groups excluding carboxylic acids is 1. The number of benzene rings is 2. The van der Waals surface area contributed by atoms with E-state index in [0.29, 0.717) is 23.5 Å². The summed E-state index contributed by atoms with van der Waals surface area (Å²) in [6, 6.07) is 10.4. The number of phenols is 1.